The van der Waals surface area contributed by atoms with Crippen molar-refractivity contribution in [2.75, 3.05) is 38.5 Å². The van der Waals surface area contributed by atoms with Gasteiger partial charge in [-0.2, -0.15) is 0 Å². The Balaban J connectivity index is 0.00000507. The van der Waals surface area contributed by atoms with Gasteiger partial charge in [-0.15, -0.1) is 0 Å². The molecule has 1 heterocycles. The number of ether oxygens (including phenoxy) is 3. The number of aliphatic hydroxyl groups is 1. The number of anilines is 1. The SMILES string of the molecule is COc1cccc([C@H]2O[C@H](CC(=O)NS(C)(=O)=O)C(=O)N(CC(C)(C)CO)c3ccc(Cl)cc32)c1OC.[Ac]. The molecule has 0 fully saturated rings. The van der Waals surface area contributed by atoms with Gasteiger partial charge in [0.05, 0.1) is 26.9 Å². The van der Waals surface area contributed by atoms with Gasteiger partial charge >= 0.3 is 0 Å². The summed E-state index contributed by atoms with van der Waals surface area (Å²) in [6.07, 6.45) is -2.03. The number of carbonyl (C=O) groups excluding carboxylic acids is 2. The average molecular weight is 782 g/mol. The molecule has 2 amide bonds. The molecule has 0 unspecified atom stereocenters. The minimum Gasteiger partial charge on any atom is -0.493 e. The van der Waals surface area contributed by atoms with Crippen molar-refractivity contribution in [3.63, 3.8) is 0 Å². The first-order chi connectivity index (χ1) is 17.3. The Hall–Kier alpha value is -1.42. The van der Waals surface area contributed by atoms with Crippen LogP contribution in [0, 0.1) is 49.5 Å². The summed E-state index contributed by atoms with van der Waals surface area (Å²) in [6, 6.07) is 10.1. The number of amides is 2. The fraction of sp³-hybridized carbons (Fsp3) is 0.440. The molecule has 0 aromatic heterocycles. The van der Waals surface area contributed by atoms with E-state index in [0.29, 0.717) is 33.3 Å². The van der Waals surface area contributed by atoms with Gasteiger partial charge in [0.15, 0.2) is 11.5 Å². The van der Waals surface area contributed by atoms with Crippen LogP contribution < -0.4 is 19.1 Å². The fourth-order valence-corrected chi connectivity index (χ4v) is 4.80. The van der Waals surface area contributed by atoms with E-state index >= 15 is 0 Å². The van der Waals surface area contributed by atoms with Crippen LogP contribution in [0.2, 0.25) is 5.02 Å². The number of rotatable bonds is 9. The summed E-state index contributed by atoms with van der Waals surface area (Å²) in [5.74, 6) is -0.690. The van der Waals surface area contributed by atoms with E-state index in [4.69, 9.17) is 25.8 Å². The van der Waals surface area contributed by atoms with E-state index in [0.717, 1.165) is 6.26 Å². The van der Waals surface area contributed by atoms with Crippen molar-refractivity contribution in [1.82, 2.24) is 4.72 Å². The van der Waals surface area contributed by atoms with Crippen molar-refractivity contribution >= 4 is 39.1 Å². The van der Waals surface area contributed by atoms with E-state index in [-0.39, 0.29) is 57.2 Å². The quantitative estimate of drug-likeness (QED) is 0.398. The van der Waals surface area contributed by atoms with Crippen molar-refractivity contribution < 1.29 is 81.4 Å². The summed E-state index contributed by atoms with van der Waals surface area (Å²) in [4.78, 5) is 27.9. The number of nitrogens with zero attached hydrogens (tertiary/aromatic N) is 1. The Bertz CT molecular complexity index is 1290. The molecule has 2 atom stereocenters. The first-order valence-corrected chi connectivity index (χ1v) is 13.7. The average Bonchev–Trinajstić information content (AvgIpc) is 2.92. The van der Waals surface area contributed by atoms with Crippen LogP contribution in [-0.4, -0.2) is 65.1 Å². The zero-order chi connectivity index (χ0) is 27.5. The van der Waals surface area contributed by atoms with Crippen LogP contribution in [0.15, 0.2) is 36.4 Å². The van der Waals surface area contributed by atoms with Crippen LogP contribution in [0.3, 0.4) is 0 Å². The normalized spacial score (nSPS) is 17.7. The summed E-state index contributed by atoms with van der Waals surface area (Å²) in [5, 5.41) is 10.3. The molecule has 0 aliphatic carbocycles. The van der Waals surface area contributed by atoms with E-state index in [2.05, 4.69) is 0 Å². The number of hydrogen-bond donors (Lipinski definition) is 2. The second kappa shape index (κ2) is 13.3. The van der Waals surface area contributed by atoms with E-state index in [1.165, 1.54) is 19.1 Å². The third-order valence-corrected chi connectivity index (χ3v) is 6.64. The molecule has 3 rings (SSSR count). The zero-order valence-corrected chi connectivity index (χ0v) is 28.2. The van der Waals surface area contributed by atoms with Crippen LogP contribution in [-0.2, 0) is 24.3 Å². The minimum absolute atomic E-state index is 0. The monoisotopic (exact) mass is 781 g/mol. The first kappa shape index (κ1) is 32.8. The third kappa shape index (κ3) is 7.83. The predicted octanol–water partition coefficient (Wildman–Crippen LogP) is 2.66. The molecule has 13 heteroatoms. The molecular weight excluding hydrogens is 751 g/mol. The van der Waals surface area contributed by atoms with Gasteiger partial charge in [-0.05, 0) is 24.3 Å². The Morgan fingerprint density at radius 1 is 1.18 bits per heavy atom. The van der Waals surface area contributed by atoms with Gasteiger partial charge in [0.25, 0.3) is 5.91 Å². The smallest absolute Gasteiger partial charge is 0.256 e. The zero-order valence-electron chi connectivity index (χ0n) is 21.9. The van der Waals surface area contributed by atoms with Gasteiger partial charge in [0.2, 0.25) is 15.9 Å². The van der Waals surface area contributed by atoms with E-state index < -0.39 is 45.9 Å². The van der Waals surface area contributed by atoms with Crippen LogP contribution in [0.25, 0.3) is 0 Å². The molecule has 1 aliphatic heterocycles. The van der Waals surface area contributed by atoms with E-state index in [9.17, 15) is 23.1 Å². The van der Waals surface area contributed by atoms with Crippen LogP contribution in [0.5, 0.6) is 11.5 Å². The Labute approximate surface area is 263 Å². The van der Waals surface area contributed by atoms with Gasteiger partial charge in [-0.3, -0.25) is 14.3 Å². The van der Waals surface area contributed by atoms with Crippen LogP contribution >= 0.6 is 11.6 Å². The number of sulfonamides is 1. The molecule has 0 spiro atoms. The maximum Gasteiger partial charge on any atom is 0.256 e. The van der Waals surface area contributed by atoms with Crippen molar-refractivity contribution in [2.45, 2.75) is 32.5 Å². The second-order valence-electron chi connectivity index (χ2n) is 9.54. The van der Waals surface area contributed by atoms with Gasteiger partial charge in [0, 0.05) is 84.5 Å². The number of aliphatic hydroxyl groups excluding tert-OH is 1. The summed E-state index contributed by atoms with van der Waals surface area (Å²) in [5.41, 5.74) is 0.790. The summed E-state index contributed by atoms with van der Waals surface area (Å²) >= 11 is 6.37. The molecule has 205 valence electrons. The Morgan fingerprint density at radius 2 is 1.87 bits per heavy atom. The number of para-hydroxylation sites is 1. The topological polar surface area (TPSA) is 131 Å². The third-order valence-electron chi connectivity index (χ3n) is 5.80. The number of benzene rings is 2. The Kier molecular flexibility index (Phi) is 11.5. The number of nitrogens with one attached hydrogen (secondary N) is 1. The number of carbonyl (C=O) groups is 2. The minimum atomic E-state index is -3.86. The van der Waals surface area contributed by atoms with Gasteiger partial charge in [-0.1, -0.05) is 37.6 Å². The molecule has 1 aliphatic rings. The maximum absolute atomic E-state index is 13.8. The van der Waals surface area contributed by atoms with E-state index in [1.807, 2.05) is 4.72 Å². The molecule has 2 aromatic rings. The second-order valence-corrected chi connectivity index (χ2v) is 11.7. The number of hydrogen-bond acceptors (Lipinski definition) is 8. The summed E-state index contributed by atoms with van der Waals surface area (Å²) < 4.78 is 42.5. The molecule has 0 bridgehead atoms. The van der Waals surface area contributed by atoms with Crippen molar-refractivity contribution in [1.29, 1.82) is 0 Å². The van der Waals surface area contributed by atoms with E-state index in [1.54, 1.807) is 50.2 Å². The van der Waals surface area contributed by atoms with Gasteiger partial charge < -0.3 is 24.2 Å². The van der Waals surface area contributed by atoms with Crippen LogP contribution in [0.1, 0.15) is 37.5 Å². The standard InChI is InChI=1S/C25H31ClN2O8S.Ac/c1-25(2,14-29)13-28-18-10-9-15(26)11-17(18)22(16-7-6-8-19(34-3)23(16)35-4)36-20(24(28)31)12-21(30)27-37(5,32)33;/h6-11,20,22,29H,12-14H2,1-5H3,(H,27,30);/t20-,22-;/m1./s1. The van der Waals surface area contributed by atoms with Crippen LogP contribution in [0.4, 0.5) is 5.69 Å². The molecule has 10 nitrogen and oxygen atoms in total. The van der Waals surface area contributed by atoms with Crippen molar-refractivity contribution in [3.8, 4) is 11.5 Å². The fourth-order valence-electron chi connectivity index (χ4n) is 4.12. The number of fused-ring (bicyclic) bond motifs is 1. The maximum atomic E-state index is 13.8. The molecule has 2 aromatic carbocycles. The number of methoxy groups -OCH3 is 2. The molecule has 0 saturated carbocycles. The molecule has 0 saturated heterocycles. The summed E-state index contributed by atoms with van der Waals surface area (Å²) in [6.45, 7) is 3.45. The van der Waals surface area contributed by atoms with Crippen molar-refractivity contribution in [2.24, 2.45) is 5.41 Å². The summed E-state index contributed by atoms with van der Waals surface area (Å²) in [7, 11) is -0.904. The van der Waals surface area contributed by atoms with Crippen molar-refractivity contribution in [3.05, 3.63) is 52.5 Å². The van der Waals surface area contributed by atoms with Gasteiger partial charge in [0.1, 0.15) is 12.2 Å². The number of halogens is 1. The molecule has 2 N–H and O–H groups in total. The predicted molar refractivity (Wildman–Crippen MR) is 139 cm³/mol. The molecule has 38 heavy (non-hydrogen) atoms. The largest absolute Gasteiger partial charge is 0.493 e. The molecular formula is C25H31AcClN2O8S. The Morgan fingerprint density at radius 3 is 2.45 bits per heavy atom. The first-order valence-electron chi connectivity index (χ1n) is 11.4. The molecule has 1 radical (unpaired) electrons. The van der Waals surface area contributed by atoms with Gasteiger partial charge in [-0.25, -0.2) is 8.42 Å².